The SMILES string of the molecule is CC(C)[C@@H]1C[C@@H]2CCC(F)(F)[C@H](C1)N2. The van der Waals surface area contributed by atoms with Crippen LogP contribution in [0.4, 0.5) is 8.78 Å². The van der Waals surface area contributed by atoms with Crippen LogP contribution in [-0.2, 0) is 0 Å². The molecule has 1 nitrogen and oxygen atoms in total. The van der Waals surface area contributed by atoms with E-state index >= 15 is 0 Å². The lowest BCUT2D eigenvalue weighted by Gasteiger charge is -2.45. The highest BCUT2D eigenvalue weighted by molar-refractivity contribution is 4.98. The Morgan fingerprint density at radius 1 is 1.29 bits per heavy atom. The third-order valence-corrected chi connectivity index (χ3v) is 3.84. The van der Waals surface area contributed by atoms with Gasteiger partial charge < -0.3 is 5.32 Å². The van der Waals surface area contributed by atoms with Crippen molar-refractivity contribution >= 4 is 0 Å². The fraction of sp³-hybridized carbons (Fsp3) is 1.00. The molecule has 0 aromatic carbocycles. The first-order valence-corrected chi connectivity index (χ1v) is 5.63. The second-order valence-electron chi connectivity index (χ2n) is 5.19. The summed E-state index contributed by atoms with van der Waals surface area (Å²) in [6.07, 6.45) is 2.47. The summed E-state index contributed by atoms with van der Waals surface area (Å²) >= 11 is 0. The Kier molecular flexibility index (Phi) is 2.54. The van der Waals surface area contributed by atoms with Gasteiger partial charge in [0.1, 0.15) is 0 Å². The Balaban J connectivity index is 2.07. The molecule has 2 aliphatic rings. The molecule has 2 heterocycles. The Labute approximate surface area is 84.3 Å². The molecule has 0 saturated carbocycles. The van der Waals surface area contributed by atoms with Crippen molar-refractivity contribution in [1.29, 1.82) is 0 Å². The van der Waals surface area contributed by atoms with Crippen LogP contribution in [0.2, 0.25) is 0 Å². The number of hydrogen-bond donors (Lipinski definition) is 1. The van der Waals surface area contributed by atoms with Crippen LogP contribution >= 0.6 is 0 Å². The average molecular weight is 203 g/mol. The van der Waals surface area contributed by atoms with Gasteiger partial charge in [0.2, 0.25) is 0 Å². The third-order valence-electron chi connectivity index (χ3n) is 3.84. The molecule has 3 heteroatoms. The summed E-state index contributed by atoms with van der Waals surface area (Å²) in [6, 6.07) is -0.205. The molecule has 0 amide bonds. The van der Waals surface area contributed by atoms with Gasteiger partial charge in [-0.3, -0.25) is 0 Å². The van der Waals surface area contributed by atoms with Crippen LogP contribution in [0, 0.1) is 11.8 Å². The quantitative estimate of drug-likeness (QED) is 0.691. The fourth-order valence-electron chi connectivity index (χ4n) is 2.77. The van der Waals surface area contributed by atoms with Gasteiger partial charge in [-0.2, -0.15) is 0 Å². The van der Waals surface area contributed by atoms with Gasteiger partial charge in [0, 0.05) is 12.5 Å². The van der Waals surface area contributed by atoms with Gasteiger partial charge in [0.15, 0.2) is 0 Å². The Hall–Kier alpha value is -0.180. The molecule has 0 aromatic heterocycles. The van der Waals surface area contributed by atoms with E-state index in [1.807, 2.05) is 0 Å². The lowest BCUT2D eigenvalue weighted by Crippen LogP contribution is -2.58. The minimum Gasteiger partial charge on any atom is -0.306 e. The smallest absolute Gasteiger partial charge is 0.263 e. The number of rotatable bonds is 1. The van der Waals surface area contributed by atoms with E-state index in [9.17, 15) is 8.78 Å². The van der Waals surface area contributed by atoms with Crippen LogP contribution in [-0.4, -0.2) is 18.0 Å². The zero-order valence-electron chi connectivity index (χ0n) is 8.89. The number of halogens is 2. The van der Waals surface area contributed by atoms with Crippen LogP contribution in [0.3, 0.4) is 0 Å². The van der Waals surface area contributed by atoms with Gasteiger partial charge in [-0.25, -0.2) is 8.78 Å². The summed E-state index contributed by atoms with van der Waals surface area (Å²) in [7, 11) is 0. The first kappa shape index (κ1) is 10.3. The van der Waals surface area contributed by atoms with Gasteiger partial charge in [0.05, 0.1) is 6.04 Å². The molecule has 1 N–H and O–H groups in total. The molecule has 2 saturated heterocycles. The number of alkyl halides is 2. The van der Waals surface area contributed by atoms with E-state index in [0.29, 0.717) is 30.7 Å². The predicted molar refractivity (Wildman–Crippen MR) is 52.5 cm³/mol. The Morgan fingerprint density at radius 3 is 2.64 bits per heavy atom. The number of fused-ring (bicyclic) bond motifs is 2. The molecule has 0 spiro atoms. The van der Waals surface area contributed by atoms with Crippen LogP contribution in [0.1, 0.15) is 39.5 Å². The molecule has 0 unspecified atom stereocenters. The van der Waals surface area contributed by atoms with Crippen LogP contribution < -0.4 is 5.32 Å². The van der Waals surface area contributed by atoms with E-state index in [1.54, 1.807) is 0 Å². The Bertz CT molecular complexity index is 213. The third kappa shape index (κ3) is 1.79. The van der Waals surface area contributed by atoms with Crippen molar-refractivity contribution in [3.05, 3.63) is 0 Å². The van der Waals surface area contributed by atoms with Crippen molar-refractivity contribution in [3.63, 3.8) is 0 Å². The molecule has 2 rings (SSSR count). The lowest BCUT2D eigenvalue weighted by atomic mass is 9.74. The van der Waals surface area contributed by atoms with Crippen molar-refractivity contribution in [2.45, 2.75) is 57.5 Å². The van der Waals surface area contributed by atoms with Crippen molar-refractivity contribution in [3.8, 4) is 0 Å². The lowest BCUT2D eigenvalue weighted by molar-refractivity contribution is -0.0940. The van der Waals surface area contributed by atoms with E-state index in [0.717, 1.165) is 6.42 Å². The summed E-state index contributed by atoms with van der Waals surface area (Å²) < 4.78 is 26.9. The molecule has 2 aliphatic heterocycles. The number of hydrogen-bond acceptors (Lipinski definition) is 1. The van der Waals surface area contributed by atoms with Crippen molar-refractivity contribution in [2.24, 2.45) is 11.8 Å². The van der Waals surface area contributed by atoms with E-state index in [-0.39, 0.29) is 6.42 Å². The topological polar surface area (TPSA) is 12.0 Å². The molecule has 3 atom stereocenters. The van der Waals surface area contributed by atoms with Crippen molar-refractivity contribution < 1.29 is 8.78 Å². The van der Waals surface area contributed by atoms with Gasteiger partial charge in [-0.15, -0.1) is 0 Å². The second-order valence-corrected chi connectivity index (χ2v) is 5.19. The van der Waals surface area contributed by atoms with Gasteiger partial charge in [0.25, 0.3) is 5.92 Å². The maximum Gasteiger partial charge on any atom is 0.263 e. The largest absolute Gasteiger partial charge is 0.306 e. The standard InChI is InChI=1S/C11H19F2N/c1-7(2)8-5-9-3-4-11(12,13)10(6-8)14-9/h7-10,14H,3-6H2,1-2H3/t8-,9+,10+/m1/s1. The van der Waals surface area contributed by atoms with Crippen molar-refractivity contribution in [1.82, 2.24) is 5.32 Å². The highest BCUT2D eigenvalue weighted by Crippen LogP contribution is 2.40. The van der Waals surface area contributed by atoms with E-state index in [4.69, 9.17) is 0 Å². The summed E-state index contributed by atoms with van der Waals surface area (Å²) in [5.74, 6) is -1.45. The average Bonchev–Trinajstić information content (AvgIpc) is 2.12. The van der Waals surface area contributed by atoms with Crippen LogP contribution in [0.25, 0.3) is 0 Å². The highest BCUT2D eigenvalue weighted by atomic mass is 19.3. The molecular weight excluding hydrogens is 184 g/mol. The number of nitrogens with one attached hydrogen (secondary N) is 1. The summed E-state index contributed by atoms with van der Waals surface area (Å²) in [6.45, 7) is 4.29. The maximum atomic E-state index is 13.5. The summed E-state index contributed by atoms with van der Waals surface area (Å²) in [5.41, 5.74) is 0. The zero-order valence-corrected chi connectivity index (χ0v) is 8.89. The number of piperidine rings is 2. The summed E-state index contributed by atoms with van der Waals surface area (Å²) in [4.78, 5) is 0. The molecule has 2 fully saturated rings. The van der Waals surface area contributed by atoms with Gasteiger partial charge >= 0.3 is 0 Å². The zero-order chi connectivity index (χ0) is 10.3. The normalized spacial score (nSPS) is 41.4. The van der Waals surface area contributed by atoms with Crippen LogP contribution in [0.15, 0.2) is 0 Å². The monoisotopic (exact) mass is 203 g/mol. The molecule has 0 radical (unpaired) electrons. The first-order valence-electron chi connectivity index (χ1n) is 5.63. The van der Waals surface area contributed by atoms with Crippen LogP contribution in [0.5, 0.6) is 0 Å². The van der Waals surface area contributed by atoms with E-state index in [2.05, 4.69) is 19.2 Å². The molecule has 0 aliphatic carbocycles. The first-order chi connectivity index (χ1) is 6.49. The predicted octanol–water partition coefficient (Wildman–Crippen LogP) is 2.81. The molecule has 2 bridgehead atoms. The minimum atomic E-state index is -2.47. The minimum absolute atomic E-state index is 0.0835. The van der Waals surface area contributed by atoms with E-state index in [1.165, 1.54) is 0 Å². The van der Waals surface area contributed by atoms with E-state index < -0.39 is 12.0 Å². The molecule has 82 valence electrons. The molecule has 14 heavy (non-hydrogen) atoms. The highest BCUT2D eigenvalue weighted by Gasteiger charge is 2.48. The Morgan fingerprint density at radius 2 is 2.00 bits per heavy atom. The molecule has 0 aromatic rings. The van der Waals surface area contributed by atoms with Crippen molar-refractivity contribution in [2.75, 3.05) is 0 Å². The van der Waals surface area contributed by atoms with Gasteiger partial charge in [-0.1, -0.05) is 13.8 Å². The molecular formula is C11H19F2N. The maximum absolute atomic E-state index is 13.5. The fourth-order valence-corrected chi connectivity index (χ4v) is 2.77. The second kappa shape index (κ2) is 3.44. The van der Waals surface area contributed by atoms with Gasteiger partial charge in [-0.05, 0) is 31.1 Å². The summed E-state index contributed by atoms with van der Waals surface area (Å²) in [5, 5.41) is 3.08.